The Hall–Kier alpha value is -1.59. The van der Waals surface area contributed by atoms with Crippen molar-refractivity contribution in [1.82, 2.24) is 5.32 Å². The van der Waals surface area contributed by atoms with Gasteiger partial charge in [0.1, 0.15) is 5.75 Å². The van der Waals surface area contributed by atoms with Crippen molar-refractivity contribution in [3.63, 3.8) is 0 Å². The van der Waals surface area contributed by atoms with Crippen LogP contribution in [0.15, 0.2) is 18.2 Å². The standard InChI is InChI=1S/C16H22N2O3/c19-16-11-21-15-5-4-13(8-14(15)18-16)9-17-6-1-7-20-10-12-2-3-12/h4-5,8,12,17H,1-3,6-7,9-11H2,(H,18,19). The van der Waals surface area contributed by atoms with Crippen molar-refractivity contribution in [2.75, 3.05) is 31.7 Å². The number of nitrogens with one attached hydrogen (secondary N) is 2. The lowest BCUT2D eigenvalue weighted by molar-refractivity contribution is -0.118. The van der Waals surface area contributed by atoms with E-state index in [0.717, 1.165) is 55.6 Å². The van der Waals surface area contributed by atoms with Crippen LogP contribution in [0.4, 0.5) is 5.69 Å². The largest absolute Gasteiger partial charge is 0.482 e. The van der Waals surface area contributed by atoms with E-state index in [-0.39, 0.29) is 12.5 Å². The normalized spacial score (nSPS) is 17.0. The van der Waals surface area contributed by atoms with Gasteiger partial charge in [0.15, 0.2) is 6.61 Å². The molecule has 0 atom stereocenters. The van der Waals surface area contributed by atoms with Crippen molar-refractivity contribution in [3.05, 3.63) is 23.8 Å². The van der Waals surface area contributed by atoms with Crippen molar-refractivity contribution < 1.29 is 14.3 Å². The molecular formula is C16H22N2O3. The van der Waals surface area contributed by atoms with Gasteiger partial charge < -0.3 is 20.1 Å². The maximum absolute atomic E-state index is 11.3. The summed E-state index contributed by atoms with van der Waals surface area (Å²) in [5.74, 6) is 1.48. The second kappa shape index (κ2) is 6.91. The number of fused-ring (bicyclic) bond motifs is 1. The van der Waals surface area contributed by atoms with E-state index in [4.69, 9.17) is 9.47 Å². The van der Waals surface area contributed by atoms with Gasteiger partial charge in [-0.2, -0.15) is 0 Å². The molecule has 0 saturated heterocycles. The van der Waals surface area contributed by atoms with Gasteiger partial charge in [0, 0.05) is 19.8 Å². The summed E-state index contributed by atoms with van der Waals surface area (Å²) in [6, 6.07) is 5.89. The average molecular weight is 290 g/mol. The Morgan fingerprint density at radius 3 is 3.14 bits per heavy atom. The lowest BCUT2D eigenvalue weighted by Crippen LogP contribution is -2.25. The summed E-state index contributed by atoms with van der Waals surface area (Å²) < 4.78 is 10.9. The number of carbonyl (C=O) groups excluding carboxylic acids is 1. The molecule has 1 fully saturated rings. The molecule has 1 aliphatic heterocycles. The molecule has 3 rings (SSSR count). The molecule has 1 heterocycles. The number of ether oxygens (including phenoxy) is 2. The highest BCUT2D eigenvalue weighted by atomic mass is 16.5. The molecule has 5 heteroatoms. The van der Waals surface area contributed by atoms with Gasteiger partial charge in [0.2, 0.25) is 0 Å². The summed E-state index contributed by atoms with van der Waals surface area (Å²) in [5, 5.41) is 6.21. The van der Waals surface area contributed by atoms with E-state index in [9.17, 15) is 4.79 Å². The Morgan fingerprint density at radius 2 is 2.29 bits per heavy atom. The van der Waals surface area contributed by atoms with Gasteiger partial charge in [-0.3, -0.25) is 4.79 Å². The zero-order valence-electron chi connectivity index (χ0n) is 12.2. The summed E-state index contributed by atoms with van der Waals surface area (Å²) in [5.41, 5.74) is 1.90. The monoisotopic (exact) mass is 290 g/mol. The van der Waals surface area contributed by atoms with Crippen LogP contribution in [0.3, 0.4) is 0 Å². The fraction of sp³-hybridized carbons (Fsp3) is 0.562. The molecular weight excluding hydrogens is 268 g/mol. The minimum Gasteiger partial charge on any atom is -0.482 e. The molecule has 1 aromatic carbocycles. The van der Waals surface area contributed by atoms with Crippen LogP contribution < -0.4 is 15.4 Å². The van der Waals surface area contributed by atoms with Crippen LogP contribution in [0, 0.1) is 5.92 Å². The minimum atomic E-state index is -0.0968. The summed E-state index contributed by atoms with van der Waals surface area (Å²) in [6.07, 6.45) is 3.71. The summed E-state index contributed by atoms with van der Waals surface area (Å²) in [7, 11) is 0. The van der Waals surface area contributed by atoms with E-state index < -0.39 is 0 Å². The Balaban J connectivity index is 1.35. The van der Waals surface area contributed by atoms with Crippen molar-refractivity contribution in [1.29, 1.82) is 0 Å². The van der Waals surface area contributed by atoms with E-state index in [1.165, 1.54) is 12.8 Å². The topological polar surface area (TPSA) is 59.6 Å². The zero-order valence-corrected chi connectivity index (χ0v) is 12.2. The summed E-state index contributed by atoms with van der Waals surface area (Å²) in [4.78, 5) is 11.3. The Labute approximate surface area is 125 Å². The van der Waals surface area contributed by atoms with E-state index in [2.05, 4.69) is 10.6 Å². The second-order valence-electron chi connectivity index (χ2n) is 5.72. The molecule has 1 saturated carbocycles. The Bertz CT molecular complexity index is 500. The first kappa shape index (κ1) is 14.4. The predicted octanol–water partition coefficient (Wildman–Crippen LogP) is 1.92. The predicted molar refractivity (Wildman–Crippen MR) is 80.4 cm³/mol. The third kappa shape index (κ3) is 4.44. The molecule has 1 aliphatic carbocycles. The van der Waals surface area contributed by atoms with Gasteiger partial charge in [-0.05, 0) is 49.4 Å². The van der Waals surface area contributed by atoms with Crippen LogP contribution in [0.1, 0.15) is 24.8 Å². The quantitative estimate of drug-likeness (QED) is 0.718. The number of carbonyl (C=O) groups is 1. The third-order valence-electron chi connectivity index (χ3n) is 3.70. The van der Waals surface area contributed by atoms with Gasteiger partial charge in [0.05, 0.1) is 5.69 Å². The van der Waals surface area contributed by atoms with Crippen molar-refractivity contribution in [3.8, 4) is 5.75 Å². The molecule has 0 aromatic heterocycles. The van der Waals surface area contributed by atoms with Crippen LogP contribution in [-0.2, 0) is 16.1 Å². The Kier molecular flexibility index (Phi) is 4.72. The number of rotatable bonds is 8. The smallest absolute Gasteiger partial charge is 0.262 e. The van der Waals surface area contributed by atoms with Crippen LogP contribution in [-0.4, -0.2) is 32.3 Å². The summed E-state index contributed by atoms with van der Waals surface area (Å²) in [6.45, 7) is 3.59. The van der Waals surface area contributed by atoms with E-state index >= 15 is 0 Å². The second-order valence-corrected chi connectivity index (χ2v) is 5.72. The van der Waals surface area contributed by atoms with Crippen LogP contribution in [0.25, 0.3) is 0 Å². The molecule has 5 nitrogen and oxygen atoms in total. The highest BCUT2D eigenvalue weighted by molar-refractivity contribution is 5.95. The number of anilines is 1. The first-order valence-corrected chi connectivity index (χ1v) is 7.65. The highest BCUT2D eigenvalue weighted by Gasteiger charge is 2.20. The minimum absolute atomic E-state index is 0.0968. The van der Waals surface area contributed by atoms with Crippen molar-refractivity contribution >= 4 is 11.6 Å². The molecule has 0 bridgehead atoms. The number of amides is 1. The fourth-order valence-corrected chi connectivity index (χ4v) is 2.31. The molecule has 2 aliphatic rings. The average Bonchev–Trinajstić information content (AvgIpc) is 3.30. The molecule has 21 heavy (non-hydrogen) atoms. The van der Waals surface area contributed by atoms with Crippen LogP contribution >= 0.6 is 0 Å². The summed E-state index contributed by atoms with van der Waals surface area (Å²) >= 11 is 0. The fourth-order valence-electron chi connectivity index (χ4n) is 2.31. The molecule has 2 N–H and O–H groups in total. The number of benzene rings is 1. The maximum Gasteiger partial charge on any atom is 0.262 e. The molecule has 1 amide bonds. The van der Waals surface area contributed by atoms with E-state index in [1.54, 1.807) is 0 Å². The van der Waals surface area contributed by atoms with Crippen LogP contribution in [0.2, 0.25) is 0 Å². The third-order valence-corrected chi connectivity index (χ3v) is 3.70. The maximum atomic E-state index is 11.3. The molecule has 0 unspecified atom stereocenters. The first-order chi connectivity index (χ1) is 10.3. The SMILES string of the molecule is O=C1COc2ccc(CNCCCOCC3CC3)cc2N1. The van der Waals surface area contributed by atoms with Crippen molar-refractivity contribution in [2.45, 2.75) is 25.8 Å². The molecule has 0 spiro atoms. The first-order valence-electron chi connectivity index (χ1n) is 7.65. The highest BCUT2D eigenvalue weighted by Crippen LogP contribution is 2.29. The lowest BCUT2D eigenvalue weighted by Gasteiger charge is -2.18. The van der Waals surface area contributed by atoms with Gasteiger partial charge in [-0.25, -0.2) is 0 Å². The van der Waals surface area contributed by atoms with E-state index in [0.29, 0.717) is 0 Å². The Morgan fingerprint density at radius 1 is 1.38 bits per heavy atom. The number of hydrogen-bond donors (Lipinski definition) is 2. The number of hydrogen-bond acceptors (Lipinski definition) is 4. The van der Waals surface area contributed by atoms with Crippen molar-refractivity contribution in [2.24, 2.45) is 5.92 Å². The zero-order chi connectivity index (χ0) is 14.5. The molecule has 114 valence electrons. The molecule has 1 aromatic rings. The van der Waals surface area contributed by atoms with Gasteiger partial charge >= 0.3 is 0 Å². The van der Waals surface area contributed by atoms with Gasteiger partial charge in [0.25, 0.3) is 5.91 Å². The lowest BCUT2D eigenvalue weighted by atomic mass is 10.1. The van der Waals surface area contributed by atoms with Gasteiger partial charge in [-0.15, -0.1) is 0 Å². The van der Waals surface area contributed by atoms with Crippen LogP contribution in [0.5, 0.6) is 5.75 Å². The molecule has 0 radical (unpaired) electrons. The van der Waals surface area contributed by atoms with Gasteiger partial charge in [-0.1, -0.05) is 6.07 Å². The van der Waals surface area contributed by atoms with E-state index in [1.807, 2.05) is 18.2 Å².